The molecule has 1 amide bonds. The van der Waals surface area contributed by atoms with E-state index in [2.05, 4.69) is 10.6 Å². The van der Waals surface area contributed by atoms with Crippen LogP contribution in [0.4, 0.5) is 5.69 Å². The van der Waals surface area contributed by atoms with Gasteiger partial charge < -0.3 is 20.1 Å². The fourth-order valence-corrected chi connectivity index (χ4v) is 1.85. The number of hydrogen-bond donors (Lipinski definition) is 2. The molecule has 0 fully saturated rings. The summed E-state index contributed by atoms with van der Waals surface area (Å²) < 4.78 is 10.5. The van der Waals surface area contributed by atoms with Gasteiger partial charge in [0, 0.05) is 13.5 Å². The number of para-hydroxylation sites is 1. The molecule has 21 heavy (non-hydrogen) atoms. The molecule has 0 atom stereocenters. The minimum absolute atomic E-state index is 0. The molecule has 5 nitrogen and oxygen atoms in total. The van der Waals surface area contributed by atoms with E-state index in [0.29, 0.717) is 36.1 Å². The van der Waals surface area contributed by atoms with Crippen LogP contribution in [0, 0.1) is 0 Å². The number of carbonyl (C=O) groups excluding carboxylic acids is 1. The van der Waals surface area contributed by atoms with Gasteiger partial charge in [0.05, 0.1) is 17.3 Å². The second-order valence-corrected chi connectivity index (χ2v) is 4.62. The lowest BCUT2D eigenvalue weighted by Gasteiger charge is -2.13. The number of ether oxygens (including phenoxy) is 2. The van der Waals surface area contributed by atoms with E-state index in [-0.39, 0.29) is 18.3 Å². The quantitative estimate of drug-likeness (QED) is 0.680. The number of rotatable bonds is 9. The zero-order valence-electron chi connectivity index (χ0n) is 12.3. The second-order valence-electron chi connectivity index (χ2n) is 4.21. The predicted molar refractivity (Wildman–Crippen MR) is 87.9 cm³/mol. The number of benzene rings is 1. The molecule has 1 rings (SSSR count). The molecule has 0 bridgehead atoms. The van der Waals surface area contributed by atoms with Crippen LogP contribution in [0.25, 0.3) is 0 Å². The van der Waals surface area contributed by atoms with Gasteiger partial charge in [-0.2, -0.15) is 0 Å². The number of hydrogen-bond acceptors (Lipinski definition) is 4. The summed E-state index contributed by atoms with van der Waals surface area (Å²) in [6.45, 7) is 1.64. The normalized spacial score (nSPS) is 9.86. The van der Waals surface area contributed by atoms with E-state index in [1.54, 1.807) is 25.3 Å². The van der Waals surface area contributed by atoms with Gasteiger partial charge in [0.1, 0.15) is 6.61 Å². The van der Waals surface area contributed by atoms with E-state index < -0.39 is 0 Å². The maximum absolute atomic E-state index is 11.8. The average molecular weight is 337 g/mol. The topological polar surface area (TPSA) is 59.6 Å². The molecule has 120 valence electrons. The Morgan fingerprint density at radius 3 is 2.76 bits per heavy atom. The van der Waals surface area contributed by atoms with Gasteiger partial charge in [-0.05, 0) is 32.1 Å². The van der Waals surface area contributed by atoms with Crippen molar-refractivity contribution in [2.75, 3.05) is 39.2 Å². The molecule has 0 heterocycles. The van der Waals surface area contributed by atoms with Crippen molar-refractivity contribution < 1.29 is 14.3 Å². The minimum Gasteiger partial charge on any atom is -0.487 e. The third-order valence-corrected chi connectivity index (χ3v) is 2.90. The Labute approximate surface area is 136 Å². The number of anilines is 1. The summed E-state index contributed by atoms with van der Waals surface area (Å²) in [5.41, 5.74) is 0.586. The van der Waals surface area contributed by atoms with Crippen LogP contribution in [0.15, 0.2) is 18.2 Å². The average Bonchev–Trinajstić information content (AvgIpc) is 2.42. The van der Waals surface area contributed by atoms with Gasteiger partial charge in [-0.15, -0.1) is 12.4 Å². The third-order valence-electron chi connectivity index (χ3n) is 2.61. The first-order valence-electron chi connectivity index (χ1n) is 6.53. The summed E-state index contributed by atoms with van der Waals surface area (Å²) in [4.78, 5) is 11.8. The molecule has 0 aliphatic rings. The van der Waals surface area contributed by atoms with E-state index in [1.165, 1.54) is 0 Å². The monoisotopic (exact) mass is 336 g/mol. The first-order valence-corrected chi connectivity index (χ1v) is 6.91. The lowest BCUT2D eigenvalue weighted by molar-refractivity contribution is -0.116. The van der Waals surface area contributed by atoms with Gasteiger partial charge in [-0.1, -0.05) is 17.7 Å². The molecular weight excluding hydrogens is 315 g/mol. The van der Waals surface area contributed by atoms with Crippen molar-refractivity contribution in [1.29, 1.82) is 0 Å². The molecule has 0 aromatic heterocycles. The van der Waals surface area contributed by atoms with Gasteiger partial charge in [-0.25, -0.2) is 0 Å². The number of nitrogens with one attached hydrogen (secondary N) is 2. The molecule has 0 unspecified atom stereocenters. The first kappa shape index (κ1) is 20.0. The van der Waals surface area contributed by atoms with Crippen molar-refractivity contribution >= 4 is 35.6 Å². The van der Waals surface area contributed by atoms with Crippen molar-refractivity contribution in [2.45, 2.75) is 12.8 Å². The maximum Gasteiger partial charge on any atom is 0.224 e. The Bertz CT molecular complexity index is 431. The highest BCUT2D eigenvalue weighted by Crippen LogP contribution is 2.32. The highest BCUT2D eigenvalue weighted by molar-refractivity contribution is 6.32. The molecule has 0 aliphatic carbocycles. The van der Waals surface area contributed by atoms with Crippen molar-refractivity contribution in [3.8, 4) is 5.75 Å². The van der Waals surface area contributed by atoms with Crippen molar-refractivity contribution in [3.05, 3.63) is 23.2 Å². The van der Waals surface area contributed by atoms with Crippen LogP contribution in [0.5, 0.6) is 5.75 Å². The SMILES string of the molecule is CNCCCC(=O)Nc1cccc(Cl)c1OCCOC.Cl. The molecule has 1 aromatic carbocycles. The Kier molecular flexibility index (Phi) is 11.1. The summed E-state index contributed by atoms with van der Waals surface area (Å²) in [5.74, 6) is 0.423. The van der Waals surface area contributed by atoms with Crippen molar-refractivity contribution in [1.82, 2.24) is 5.32 Å². The molecule has 0 spiro atoms. The van der Waals surface area contributed by atoms with Gasteiger partial charge in [-0.3, -0.25) is 4.79 Å². The fourth-order valence-electron chi connectivity index (χ4n) is 1.62. The Hall–Kier alpha value is -1.01. The summed E-state index contributed by atoms with van der Waals surface area (Å²) in [6, 6.07) is 5.26. The van der Waals surface area contributed by atoms with Crippen LogP contribution in [-0.2, 0) is 9.53 Å². The first-order chi connectivity index (χ1) is 9.69. The molecule has 0 saturated heterocycles. The van der Waals surface area contributed by atoms with Gasteiger partial charge in [0.15, 0.2) is 5.75 Å². The van der Waals surface area contributed by atoms with E-state index >= 15 is 0 Å². The van der Waals surface area contributed by atoms with E-state index in [4.69, 9.17) is 21.1 Å². The zero-order valence-corrected chi connectivity index (χ0v) is 13.9. The van der Waals surface area contributed by atoms with Crippen molar-refractivity contribution in [3.63, 3.8) is 0 Å². The standard InChI is InChI=1S/C14H21ClN2O3.ClH/c1-16-8-4-7-13(18)17-12-6-3-5-11(15)14(12)20-10-9-19-2;/h3,5-6,16H,4,7-10H2,1-2H3,(H,17,18);1H. The fraction of sp³-hybridized carbons (Fsp3) is 0.500. The van der Waals surface area contributed by atoms with Crippen LogP contribution >= 0.6 is 24.0 Å². The minimum atomic E-state index is -0.0564. The summed E-state index contributed by atoms with van der Waals surface area (Å²) in [5, 5.41) is 6.29. The number of methoxy groups -OCH3 is 1. The number of halogens is 2. The van der Waals surface area contributed by atoms with Crippen LogP contribution in [0.3, 0.4) is 0 Å². The molecule has 1 aromatic rings. The van der Waals surface area contributed by atoms with Gasteiger partial charge in [0.25, 0.3) is 0 Å². The molecule has 0 saturated carbocycles. The van der Waals surface area contributed by atoms with Crippen LogP contribution < -0.4 is 15.4 Å². The van der Waals surface area contributed by atoms with E-state index in [1.807, 2.05) is 7.05 Å². The lowest BCUT2D eigenvalue weighted by atomic mass is 10.2. The number of carbonyl (C=O) groups is 1. The maximum atomic E-state index is 11.8. The van der Waals surface area contributed by atoms with Crippen LogP contribution in [0.1, 0.15) is 12.8 Å². The van der Waals surface area contributed by atoms with Crippen LogP contribution in [-0.4, -0.2) is 39.8 Å². The molecule has 0 aliphatic heterocycles. The summed E-state index contributed by atoms with van der Waals surface area (Å²) >= 11 is 6.09. The molecule has 0 radical (unpaired) electrons. The van der Waals surface area contributed by atoms with Crippen molar-refractivity contribution in [2.24, 2.45) is 0 Å². The third kappa shape index (κ3) is 7.52. The molecular formula is C14H22Cl2N2O3. The highest BCUT2D eigenvalue weighted by Gasteiger charge is 2.11. The van der Waals surface area contributed by atoms with Gasteiger partial charge >= 0.3 is 0 Å². The Morgan fingerprint density at radius 1 is 1.33 bits per heavy atom. The lowest BCUT2D eigenvalue weighted by Crippen LogP contribution is -2.16. The second kappa shape index (κ2) is 11.6. The van der Waals surface area contributed by atoms with E-state index in [0.717, 1.165) is 13.0 Å². The van der Waals surface area contributed by atoms with E-state index in [9.17, 15) is 4.79 Å². The largest absolute Gasteiger partial charge is 0.487 e. The predicted octanol–water partition coefficient (Wildman–Crippen LogP) is 2.73. The van der Waals surface area contributed by atoms with Gasteiger partial charge in [0.2, 0.25) is 5.91 Å². The summed E-state index contributed by atoms with van der Waals surface area (Å²) in [6.07, 6.45) is 1.23. The smallest absolute Gasteiger partial charge is 0.224 e. The van der Waals surface area contributed by atoms with Crippen LogP contribution in [0.2, 0.25) is 5.02 Å². The molecule has 7 heteroatoms. The highest BCUT2D eigenvalue weighted by atomic mass is 35.5. The number of amides is 1. The Morgan fingerprint density at radius 2 is 2.10 bits per heavy atom. The zero-order chi connectivity index (χ0) is 14.8. The molecule has 2 N–H and O–H groups in total. The summed E-state index contributed by atoms with van der Waals surface area (Å²) in [7, 11) is 3.46. The Balaban J connectivity index is 0.00000400.